The Bertz CT molecular complexity index is 541. The fraction of sp³-hybridized carbons (Fsp3) is 0.529. The van der Waals surface area contributed by atoms with Gasteiger partial charge in [-0.25, -0.2) is 0 Å². The quantitative estimate of drug-likeness (QED) is 0.723. The summed E-state index contributed by atoms with van der Waals surface area (Å²) in [5, 5.41) is 0. The summed E-state index contributed by atoms with van der Waals surface area (Å²) in [6, 6.07) is 7.30. The van der Waals surface area contributed by atoms with E-state index in [9.17, 15) is 13.8 Å². The van der Waals surface area contributed by atoms with Crippen molar-refractivity contribution in [2.24, 2.45) is 0 Å². The van der Waals surface area contributed by atoms with Crippen molar-refractivity contribution in [3.05, 3.63) is 29.8 Å². The van der Waals surface area contributed by atoms with E-state index in [0.29, 0.717) is 11.3 Å². The Hall–Kier alpha value is -1.49. The number of ketones is 1. The number of esters is 1. The lowest BCUT2D eigenvalue weighted by molar-refractivity contribution is -0.154. The Kier molecular flexibility index (Phi) is 6.94. The fourth-order valence-corrected chi connectivity index (χ4v) is 2.86. The number of Topliss-reactive ketones (excluding diaryl/α,β-unsaturated/α-hetero) is 1. The zero-order valence-corrected chi connectivity index (χ0v) is 14.5. The number of aryl methyl sites for hydroxylation is 1. The molecule has 1 unspecified atom stereocenters. The zero-order chi connectivity index (χ0) is 16.8. The smallest absolute Gasteiger partial charge is 0.306 e. The number of ether oxygens (including phenoxy) is 1. The van der Waals surface area contributed by atoms with E-state index in [4.69, 9.17) is 4.74 Å². The van der Waals surface area contributed by atoms with Crippen molar-refractivity contribution in [2.75, 3.05) is 5.75 Å². The molecule has 1 atom stereocenters. The van der Waals surface area contributed by atoms with E-state index < -0.39 is 16.4 Å². The molecule has 0 saturated heterocycles. The summed E-state index contributed by atoms with van der Waals surface area (Å²) in [6.45, 7) is 7.37. The maximum absolute atomic E-state index is 12.0. The first-order valence-corrected chi connectivity index (χ1v) is 8.68. The molecule has 0 N–H and O–H groups in total. The van der Waals surface area contributed by atoms with Crippen molar-refractivity contribution in [2.45, 2.75) is 57.5 Å². The van der Waals surface area contributed by atoms with E-state index in [0.717, 1.165) is 5.56 Å². The van der Waals surface area contributed by atoms with Gasteiger partial charge in [-0.3, -0.25) is 13.8 Å². The molecular weight excluding hydrogens is 300 g/mol. The van der Waals surface area contributed by atoms with Gasteiger partial charge in [0.1, 0.15) is 11.4 Å². The largest absolute Gasteiger partial charge is 0.460 e. The van der Waals surface area contributed by atoms with Crippen molar-refractivity contribution in [3.8, 4) is 0 Å². The Morgan fingerprint density at radius 1 is 1.09 bits per heavy atom. The molecule has 5 heteroatoms. The van der Waals surface area contributed by atoms with Crippen LogP contribution in [0.4, 0.5) is 0 Å². The number of hydrogen-bond donors (Lipinski definition) is 0. The molecule has 0 spiro atoms. The normalized spacial score (nSPS) is 12.7. The number of hydrogen-bond acceptors (Lipinski definition) is 4. The lowest BCUT2D eigenvalue weighted by Gasteiger charge is -2.19. The molecule has 0 amide bonds. The molecule has 0 aromatic heterocycles. The van der Waals surface area contributed by atoms with Gasteiger partial charge >= 0.3 is 5.97 Å². The third-order valence-corrected chi connectivity index (χ3v) is 4.21. The van der Waals surface area contributed by atoms with Gasteiger partial charge in [-0.15, -0.1) is 0 Å². The molecule has 0 saturated carbocycles. The molecule has 1 rings (SSSR count). The average molecular weight is 324 g/mol. The second kappa shape index (κ2) is 8.22. The molecule has 0 radical (unpaired) electrons. The standard InChI is InChI=1S/C17H24O4S/c1-13-8-10-15(11-9-13)22(20)12-14(18)6-5-7-16(19)21-17(2,3)4/h8-11H,5-7,12H2,1-4H3. The lowest BCUT2D eigenvalue weighted by Crippen LogP contribution is -2.23. The minimum Gasteiger partial charge on any atom is -0.460 e. The zero-order valence-electron chi connectivity index (χ0n) is 13.7. The molecule has 122 valence electrons. The first-order chi connectivity index (χ1) is 10.2. The summed E-state index contributed by atoms with van der Waals surface area (Å²) in [5.74, 6) is -0.403. The van der Waals surface area contributed by atoms with Crippen molar-refractivity contribution >= 4 is 22.6 Å². The van der Waals surface area contributed by atoms with Crippen LogP contribution in [-0.2, 0) is 25.1 Å². The molecule has 1 aromatic carbocycles. The predicted octanol–water partition coefficient (Wildman–Crippen LogP) is 3.18. The highest BCUT2D eigenvalue weighted by Crippen LogP contribution is 2.12. The third-order valence-electron chi connectivity index (χ3n) is 2.83. The highest BCUT2D eigenvalue weighted by molar-refractivity contribution is 7.85. The summed E-state index contributed by atoms with van der Waals surface area (Å²) in [5.41, 5.74) is 0.582. The van der Waals surface area contributed by atoms with E-state index in [2.05, 4.69) is 0 Å². The Balaban J connectivity index is 2.33. The van der Waals surface area contributed by atoms with E-state index in [1.165, 1.54) is 0 Å². The minimum atomic E-state index is -1.32. The summed E-state index contributed by atoms with van der Waals surface area (Å²) < 4.78 is 17.2. The monoisotopic (exact) mass is 324 g/mol. The SMILES string of the molecule is Cc1ccc(S(=O)CC(=O)CCCC(=O)OC(C)(C)C)cc1. The summed E-state index contributed by atoms with van der Waals surface area (Å²) in [4.78, 5) is 24.0. The van der Waals surface area contributed by atoms with Crippen LogP contribution in [-0.4, -0.2) is 27.3 Å². The number of benzene rings is 1. The van der Waals surface area contributed by atoms with Gasteiger partial charge in [0.05, 0.1) is 16.6 Å². The molecule has 0 fully saturated rings. The maximum atomic E-state index is 12.0. The second-order valence-electron chi connectivity index (χ2n) is 6.28. The summed E-state index contributed by atoms with van der Waals surface area (Å²) >= 11 is 0. The van der Waals surface area contributed by atoms with Crippen LogP contribution in [0.25, 0.3) is 0 Å². The van der Waals surface area contributed by atoms with Crippen LogP contribution in [0.5, 0.6) is 0 Å². The Labute approximate surface area is 134 Å². The second-order valence-corrected chi connectivity index (χ2v) is 7.73. The van der Waals surface area contributed by atoms with Crippen LogP contribution in [0.15, 0.2) is 29.2 Å². The van der Waals surface area contributed by atoms with Gasteiger partial charge in [0, 0.05) is 17.7 Å². The molecule has 0 heterocycles. The van der Waals surface area contributed by atoms with Crippen LogP contribution < -0.4 is 0 Å². The Morgan fingerprint density at radius 2 is 1.68 bits per heavy atom. The van der Waals surface area contributed by atoms with Gasteiger partial charge in [-0.2, -0.15) is 0 Å². The topological polar surface area (TPSA) is 60.4 Å². The average Bonchev–Trinajstić information content (AvgIpc) is 2.37. The molecule has 0 aliphatic heterocycles. The maximum Gasteiger partial charge on any atom is 0.306 e. The van der Waals surface area contributed by atoms with Crippen LogP contribution in [0, 0.1) is 6.92 Å². The molecular formula is C17H24O4S. The highest BCUT2D eigenvalue weighted by Gasteiger charge is 2.16. The molecule has 4 nitrogen and oxygen atoms in total. The van der Waals surface area contributed by atoms with Gasteiger partial charge in [-0.05, 0) is 46.2 Å². The van der Waals surface area contributed by atoms with Gasteiger partial charge in [0.15, 0.2) is 0 Å². The molecule has 1 aromatic rings. The first-order valence-electron chi connectivity index (χ1n) is 7.36. The van der Waals surface area contributed by atoms with Crippen molar-refractivity contribution < 1.29 is 18.5 Å². The van der Waals surface area contributed by atoms with Crippen LogP contribution in [0.1, 0.15) is 45.6 Å². The molecule has 0 bridgehead atoms. The summed E-state index contributed by atoms with van der Waals surface area (Å²) in [7, 11) is -1.32. The summed E-state index contributed by atoms with van der Waals surface area (Å²) in [6.07, 6.45) is 0.885. The third kappa shape index (κ3) is 7.50. The lowest BCUT2D eigenvalue weighted by atomic mass is 10.1. The number of carbonyl (C=O) groups excluding carboxylic acids is 2. The van der Waals surface area contributed by atoms with Crippen LogP contribution in [0.3, 0.4) is 0 Å². The van der Waals surface area contributed by atoms with E-state index in [1.54, 1.807) is 32.9 Å². The van der Waals surface area contributed by atoms with Crippen molar-refractivity contribution in [3.63, 3.8) is 0 Å². The van der Waals surface area contributed by atoms with Crippen LogP contribution >= 0.6 is 0 Å². The van der Waals surface area contributed by atoms with E-state index in [1.807, 2.05) is 19.1 Å². The van der Waals surface area contributed by atoms with Crippen molar-refractivity contribution in [1.82, 2.24) is 0 Å². The predicted molar refractivity (Wildman–Crippen MR) is 87.2 cm³/mol. The highest BCUT2D eigenvalue weighted by atomic mass is 32.2. The van der Waals surface area contributed by atoms with Gasteiger partial charge in [0.2, 0.25) is 0 Å². The molecule has 0 aliphatic rings. The van der Waals surface area contributed by atoms with Gasteiger partial charge < -0.3 is 4.74 Å². The van der Waals surface area contributed by atoms with Gasteiger partial charge in [-0.1, -0.05) is 17.7 Å². The van der Waals surface area contributed by atoms with Crippen molar-refractivity contribution in [1.29, 1.82) is 0 Å². The molecule has 22 heavy (non-hydrogen) atoms. The molecule has 0 aliphatic carbocycles. The van der Waals surface area contributed by atoms with Gasteiger partial charge in [0.25, 0.3) is 0 Å². The minimum absolute atomic E-state index is 0.00260. The first kappa shape index (κ1) is 18.6. The number of rotatable bonds is 7. The van der Waals surface area contributed by atoms with E-state index in [-0.39, 0.29) is 30.3 Å². The van der Waals surface area contributed by atoms with E-state index >= 15 is 0 Å². The Morgan fingerprint density at radius 3 is 2.23 bits per heavy atom. The number of carbonyl (C=O) groups is 2. The fourth-order valence-electron chi connectivity index (χ4n) is 1.81. The van der Waals surface area contributed by atoms with Crippen LogP contribution in [0.2, 0.25) is 0 Å².